The Bertz CT molecular complexity index is 663. The minimum absolute atomic E-state index is 0.0136. The summed E-state index contributed by atoms with van der Waals surface area (Å²) < 4.78 is 27.1. The first-order chi connectivity index (χ1) is 17.5. The molecule has 0 spiro atoms. The molecule has 0 aliphatic carbocycles. The van der Waals surface area contributed by atoms with Crippen molar-refractivity contribution in [2.45, 2.75) is 129 Å². The maximum Gasteiger partial charge on any atom is 0.163 e. The third-order valence-corrected chi connectivity index (χ3v) is 6.86. The van der Waals surface area contributed by atoms with Crippen LogP contribution in [0.25, 0.3) is 0 Å². The van der Waals surface area contributed by atoms with Crippen molar-refractivity contribution in [3.63, 3.8) is 0 Å². The zero-order valence-electron chi connectivity index (χ0n) is 23.8. The summed E-state index contributed by atoms with van der Waals surface area (Å²) in [5.74, 6) is 0.533. The van der Waals surface area contributed by atoms with E-state index in [1.54, 1.807) is 0 Å². The van der Waals surface area contributed by atoms with Gasteiger partial charge < -0.3 is 23.7 Å². The second kappa shape index (κ2) is 19.0. The summed E-state index contributed by atoms with van der Waals surface area (Å²) in [5, 5.41) is 0. The van der Waals surface area contributed by atoms with Gasteiger partial charge in [0.25, 0.3) is 0 Å². The van der Waals surface area contributed by atoms with Crippen molar-refractivity contribution in [2.24, 2.45) is 0 Å². The van der Waals surface area contributed by atoms with Gasteiger partial charge in [0.2, 0.25) is 0 Å². The molecule has 2 fully saturated rings. The number of rotatable bonds is 17. The molecule has 5 nitrogen and oxygen atoms in total. The maximum atomic E-state index is 6.15. The Balaban J connectivity index is 0.000000809. The Kier molecular flexibility index (Phi) is 16.4. The molecule has 0 radical (unpaired) electrons. The highest BCUT2D eigenvalue weighted by molar-refractivity contribution is 5.37. The van der Waals surface area contributed by atoms with Crippen molar-refractivity contribution in [1.29, 1.82) is 0 Å². The molecule has 2 aliphatic heterocycles. The molecule has 0 N–H and O–H groups in total. The van der Waals surface area contributed by atoms with E-state index in [1.807, 2.05) is 13.8 Å². The zero-order valence-corrected chi connectivity index (χ0v) is 23.8. The van der Waals surface area contributed by atoms with E-state index in [0.29, 0.717) is 20.0 Å². The van der Waals surface area contributed by atoms with Crippen LogP contribution in [0.2, 0.25) is 0 Å². The van der Waals surface area contributed by atoms with Crippen LogP contribution in [0.5, 0.6) is 5.75 Å². The van der Waals surface area contributed by atoms with E-state index in [0.717, 1.165) is 31.8 Å². The van der Waals surface area contributed by atoms with Crippen LogP contribution < -0.4 is 4.74 Å². The summed E-state index contributed by atoms with van der Waals surface area (Å²) >= 11 is 0. The lowest BCUT2D eigenvalue weighted by Gasteiger charge is -2.18. The van der Waals surface area contributed by atoms with E-state index < -0.39 is 5.79 Å². The summed E-state index contributed by atoms with van der Waals surface area (Å²) in [4.78, 5) is 0. The van der Waals surface area contributed by atoms with Crippen molar-refractivity contribution in [3.8, 4) is 5.75 Å². The lowest BCUT2D eigenvalue weighted by Crippen LogP contribution is -2.25. The Morgan fingerprint density at radius 1 is 0.833 bits per heavy atom. The Morgan fingerprint density at radius 3 is 1.94 bits per heavy atom. The first kappa shape index (κ1) is 31.1. The number of aryl methyl sites for hydroxylation is 2. The zero-order chi connectivity index (χ0) is 25.9. The molecule has 208 valence electrons. The summed E-state index contributed by atoms with van der Waals surface area (Å²) in [5.41, 5.74) is 2.67. The topological polar surface area (TPSA) is 46.2 Å². The Hall–Kier alpha value is -1.14. The average Bonchev–Trinajstić information content (AvgIpc) is 3.57. The fourth-order valence-electron chi connectivity index (χ4n) is 4.67. The highest BCUT2D eigenvalue weighted by Gasteiger charge is 2.33. The first-order valence-corrected chi connectivity index (χ1v) is 14.8. The van der Waals surface area contributed by atoms with Gasteiger partial charge >= 0.3 is 0 Å². The molecule has 0 aromatic heterocycles. The molecule has 2 saturated heterocycles. The van der Waals surface area contributed by atoms with Gasteiger partial charge in [0.1, 0.15) is 25.3 Å². The minimum Gasteiger partial charge on any atom is -0.490 e. The number of benzene rings is 1. The first-order valence-electron chi connectivity index (χ1n) is 14.8. The summed E-state index contributed by atoms with van der Waals surface area (Å²) in [7, 11) is 0. The largest absolute Gasteiger partial charge is 0.490 e. The fourth-order valence-corrected chi connectivity index (χ4v) is 4.67. The summed E-state index contributed by atoms with van der Waals surface area (Å²) in [6.07, 6.45) is 18.9. The van der Waals surface area contributed by atoms with E-state index in [9.17, 15) is 0 Å². The van der Waals surface area contributed by atoms with Crippen LogP contribution >= 0.6 is 0 Å². The molecule has 0 bridgehead atoms. The van der Waals surface area contributed by atoms with E-state index >= 15 is 0 Å². The standard InChI is InChI=1S/C28H48O3.C3H6O2/c1-5-7-8-9-10-11-12-13-14-15-16-17-18-24-19-20-25(6-2)27(21-24)29-22-26-23-30-28(3,4)31-26;1-2-5-3-4-1/h19-21,26H,5-18,22-23H2,1-4H3;1-3H2. The molecule has 2 heterocycles. The normalized spacial score (nSPS) is 18.7. The van der Waals surface area contributed by atoms with Crippen LogP contribution in [0.1, 0.15) is 116 Å². The Morgan fingerprint density at radius 2 is 1.44 bits per heavy atom. The van der Waals surface area contributed by atoms with E-state index in [4.69, 9.17) is 23.7 Å². The number of hydrogen-bond donors (Lipinski definition) is 0. The highest BCUT2D eigenvalue weighted by atomic mass is 16.7. The smallest absolute Gasteiger partial charge is 0.163 e. The van der Waals surface area contributed by atoms with Crippen molar-refractivity contribution < 1.29 is 23.7 Å². The van der Waals surface area contributed by atoms with Gasteiger partial charge in [-0.3, -0.25) is 0 Å². The molecule has 0 saturated carbocycles. The lowest BCUT2D eigenvalue weighted by molar-refractivity contribution is -0.141. The minimum atomic E-state index is -0.488. The van der Waals surface area contributed by atoms with Crippen molar-refractivity contribution in [2.75, 3.05) is 33.2 Å². The van der Waals surface area contributed by atoms with Crippen LogP contribution in [0.15, 0.2) is 18.2 Å². The predicted molar refractivity (Wildman–Crippen MR) is 148 cm³/mol. The molecule has 2 aliphatic rings. The van der Waals surface area contributed by atoms with Crippen LogP contribution in [0.4, 0.5) is 0 Å². The van der Waals surface area contributed by atoms with Gasteiger partial charge in [-0.1, -0.05) is 96.6 Å². The van der Waals surface area contributed by atoms with Gasteiger partial charge in [-0.15, -0.1) is 0 Å². The second-order valence-electron chi connectivity index (χ2n) is 10.6. The molecular weight excluding hydrogens is 452 g/mol. The van der Waals surface area contributed by atoms with Gasteiger partial charge in [0.15, 0.2) is 5.79 Å². The molecule has 1 atom stereocenters. The Labute approximate surface area is 221 Å². The molecule has 1 unspecified atom stereocenters. The molecule has 3 rings (SSSR count). The molecule has 1 aromatic rings. The predicted octanol–water partition coefficient (Wildman–Crippen LogP) is 8.01. The van der Waals surface area contributed by atoms with Gasteiger partial charge in [0.05, 0.1) is 19.8 Å². The van der Waals surface area contributed by atoms with Gasteiger partial charge in [-0.25, -0.2) is 0 Å². The van der Waals surface area contributed by atoms with E-state index in [2.05, 4.69) is 32.0 Å². The highest BCUT2D eigenvalue weighted by Crippen LogP contribution is 2.26. The second-order valence-corrected chi connectivity index (χ2v) is 10.6. The third-order valence-electron chi connectivity index (χ3n) is 6.86. The summed E-state index contributed by atoms with van der Waals surface area (Å²) in [6, 6.07) is 6.77. The van der Waals surface area contributed by atoms with Crippen LogP contribution in [0, 0.1) is 0 Å². The van der Waals surface area contributed by atoms with Crippen molar-refractivity contribution in [1.82, 2.24) is 0 Å². The number of ether oxygens (including phenoxy) is 5. The van der Waals surface area contributed by atoms with Gasteiger partial charge in [-0.05, 0) is 50.3 Å². The molecule has 36 heavy (non-hydrogen) atoms. The average molecular weight is 507 g/mol. The van der Waals surface area contributed by atoms with Crippen LogP contribution in [-0.4, -0.2) is 45.1 Å². The third kappa shape index (κ3) is 14.0. The molecular formula is C31H54O5. The number of unbranched alkanes of at least 4 members (excludes halogenated alkanes) is 11. The summed E-state index contributed by atoms with van der Waals surface area (Å²) in [6.45, 7) is 11.6. The molecule has 5 heteroatoms. The molecule has 1 aromatic carbocycles. The van der Waals surface area contributed by atoms with Gasteiger partial charge in [-0.2, -0.15) is 0 Å². The van der Waals surface area contributed by atoms with Crippen LogP contribution in [0.3, 0.4) is 0 Å². The maximum absolute atomic E-state index is 6.15. The lowest BCUT2D eigenvalue weighted by atomic mass is 10.0. The van der Waals surface area contributed by atoms with Crippen LogP contribution in [-0.2, 0) is 31.8 Å². The van der Waals surface area contributed by atoms with Gasteiger partial charge in [0, 0.05) is 0 Å². The van der Waals surface area contributed by atoms with Crippen molar-refractivity contribution in [3.05, 3.63) is 29.3 Å². The SMILES string of the molecule is C1COCO1.CCCCCCCCCCCCCCc1ccc(CC)c(OCC2COC(C)(C)O2)c1. The quantitative estimate of drug-likeness (QED) is 0.200. The number of hydrogen-bond acceptors (Lipinski definition) is 5. The fraction of sp³-hybridized carbons (Fsp3) is 0.806. The molecule has 0 amide bonds. The monoisotopic (exact) mass is 506 g/mol. The van der Waals surface area contributed by atoms with Crippen molar-refractivity contribution >= 4 is 0 Å². The van der Waals surface area contributed by atoms with E-state index in [1.165, 1.54) is 88.2 Å². The van der Waals surface area contributed by atoms with E-state index in [-0.39, 0.29) is 6.10 Å².